The number of hydrogen-bond donors (Lipinski definition) is 1. The lowest BCUT2D eigenvalue weighted by molar-refractivity contribution is -0.163. The Bertz CT molecular complexity index is 1710. The Morgan fingerprint density at radius 2 is 1.80 bits per heavy atom. The van der Waals surface area contributed by atoms with Crippen LogP contribution >= 0.6 is 11.3 Å². The number of carboxylic acid groups (broad SMARTS) is 1. The topological polar surface area (TPSA) is 100 Å². The zero-order valence-electron chi connectivity index (χ0n) is 26.1. The van der Waals surface area contributed by atoms with E-state index in [-0.39, 0.29) is 57.4 Å². The van der Waals surface area contributed by atoms with Gasteiger partial charge in [-0.3, -0.25) is 19.4 Å². The SMILES string of the molecule is CCC[C@H]1N(C(=O)c2ncccc2C(F)(F)F)CCC[C@]1(Oc1csc(C(F)(F)F)c1)C(=O)N1Cc2ccc(F)cc2C[C@@H]1CCC(=O)O. The van der Waals surface area contributed by atoms with Gasteiger partial charge in [0.15, 0.2) is 0 Å². The Labute approximate surface area is 280 Å². The Morgan fingerprint density at radius 3 is 2.45 bits per heavy atom. The van der Waals surface area contributed by atoms with Crippen molar-refractivity contribution < 1.29 is 55.0 Å². The molecule has 0 saturated carbocycles. The highest BCUT2D eigenvalue weighted by molar-refractivity contribution is 7.10. The number of amides is 2. The van der Waals surface area contributed by atoms with Crippen molar-refractivity contribution in [1.82, 2.24) is 14.8 Å². The number of fused-ring (bicyclic) bond motifs is 1. The number of ether oxygens (including phenoxy) is 1. The van der Waals surface area contributed by atoms with Gasteiger partial charge in [0.2, 0.25) is 5.60 Å². The van der Waals surface area contributed by atoms with E-state index in [2.05, 4.69) is 4.98 Å². The van der Waals surface area contributed by atoms with Crippen molar-refractivity contribution in [2.75, 3.05) is 6.54 Å². The average Bonchev–Trinajstić information content (AvgIpc) is 3.52. The number of carbonyl (C=O) groups is 3. The molecule has 16 heteroatoms. The average molecular weight is 716 g/mol. The molecule has 0 unspecified atom stereocenters. The summed E-state index contributed by atoms with van der Waals surface area (Å²) in [6.07, 6.45) is -8.81. The molecule has 1 saturated heterocycles. The van der Waals surface area contributed by atoms with Crippen LogP contribution in [0, 0.1) is 5.82 Å². The fourth-order valence-corrected chi connectivity index (χ4v) is 7.40. The third kappa shape index (κ3) is 7.53. The second-order valence-corrected chi connectivity index (χ2v) is 13.0. The van der Waals surface area contributed by atoms with Crippen LogP contribution in [0.2, 0.25) is 0 Å². The quantitative estimate of drug-likeness (QED) is 0.233. The minimum Gasteiger partial charge on any atom is -0.481 e. The van der Waals surface area contributed by atoms with Gasteiger partial charge in [-0.1, -0.05) is 19.4 Å². The summed E-state index contributed by atoms with van der Waals surface area (Å²) in [5.74, 6) is -3.92. The molecule has 2 aromatic heterocycles. The molecule has 1 aromatic carbocycles. The molecule has 8 nitrogen and oxygen atoms in total. The number of carboxylic acids is 1. The number of aliphatic carboxylic acids is 1. The third-order valence-electron chi connectivity index (χ3n) is 8.87. The molecule has 1 fully saturated rings. The third-order valence-corrected chi connectivity index (χ3v) is 9.83. The number of aromatic nitrogens is 1. The van der Waals surface area contributed by atoms with Crippen LogP contribution in [0.5, 0.6) is 5.75 Å². The number of pyridine rings is 1. The summed E-state index contributed by atoms with van der Waals surface area (Å²) in [4.78, 5) is 45.8. The minimum absolute atomic E-state index is 0.0113. The molecule has 3 atom stereocenters. The van der Waals surface area contributed by atoms with Gasteiger partial charge in [0.05, 0.1) is 11.6 Å². The van der Waals surface area contributed by atoms with Crippen LogP contribution in [-0.2, 0) is 34.9 Å². The molecule has 0 radical (unpaired) electrons. The Kier molecular flexibility index (Phi) is 10.3. The number of piperidine rings is 1. The second kappa shape index (κ2) is 14.0. The molecule has 264 valence electrons. The number of alkyl halides is 6. The summed E-state index contributed by atoms with van der Waals surface area (Å²) < 4.78 is 103. The Morgan fingerprint density at radius 1 is 1.04 bits per heavy atom. The van der Waals surface area contributed by atoms with Gasteiger partial charge >= 0.3 is 18.3 Å². The van der Waals surface area contributed by atoms with Gasteiger partial charge < -0.3 is 19.6 Å². The summed E-state index contributed by atoms with van der Waals surface area (Å²) in [5.41, 5.74) is -3.20. The van der Waals surface area contributed by atoms with Crippen LogP contribution in [0.4, 0.5) is 30.7 Å². The summed E-state index contributed by atoms with van der Waals surface area (Å²) in [7, 11) is 0. The van der Waals surface area contributed by atoms with E-state index in [1.165, 1.54) is 23.1 Å². The number of halogens is 7. The smallest absolute Gasteiger partial charge is 0.425 e. The Balaban J connectivity index is 1.64. The van der Waals surface area contributed by atoms with E-state index < -0.39 is 69.8 Å². The first-order valence-electron chi connectivity index (χ1n) is 15.5. The lowest BCUT2D eigenvalue weighted by Gasteiger charge is -2.51. The van der Waals surface area contributed by atoms with Crippen molar-refractivity contribution in [1.29, 1.82) is 0 Å². The molecule has 0 aliphatic carbocycles. The molecule has 1 N–H and O–H groups in total. The highest BCUT2D eigenvalue weighted by Gasteiger charge is 2.57. The Hall–Kier alpha value is -4.21. The van der Waals surface area contributed by atoms with E-state index in [0.717, 1.165) is 28.6 Å². The van der Waals surface area contributed by atoms with Crippen molar-refractivity contribution in [2.24, 2.45) is 0 Å². The summed E-state index contributed by atoms with van der Waals surface area (Å²) in [6, 6.07) is 4.34. The zero-order valence-corrected chi connectivity index (χ0v) is 26.9. The van der Waals surface area contributed by atoms with E-state index >= 15 is 4.79 Å². The van der Waals surface area contributed by atoms with Crippen LogP contribution in [-0.4, -0.2) is 61.9 Å². The predicted molar refractivity (Wildman–Crippen MR) is 162 cm³/mol. The fraction of sp³-hybridized carbons (Fsp3) is 0.455. The molecular formula is C33H32F7N3O5S. The van der Waals surface area contributed by atoms with E-state index in [1.54, 1.807) is 6.92 Å². The monoisotopic (exact) mass is 715 g/mol. The van der Waals surface area contributed by atoms with E-state index in [1.807, 2.05) is 0 Å². The fourth-order valence-electron chi connectivity index (χ4n) is 6.72. The summed E-state index contributed by atoms with van der Waals surface area (Å²) in [5, 5.41) is 10.5. The highest BCUT2D eigenvalue weighted by Crippen LogP contribution is 2.43. The number of nitrogens with zero attached hydrogens (tertiary/aromatic N) is 3. The summed E-state index contributed by atoms with van der Waals surface area (Å²) >= 11 is 0.327. The molecule has 2 amide bonds. The molecular weight excluding hydrogens is 683 g/mol. The van der Waals surface area contributed by atoms with Crippen LogP contribution in [0.1, 0.15) is 77.5 Å². The van der Waals surface area contributed by atoms with Crippen molar-refractivity contribution in [3.05, 3.63) is 81.1 Å². The van der Waals surface area contributed by atoms with Gasteiger partial charge in [-0.15, -0.1) is 11.3 Å². The standard InChI is InChI=1S/C33H32F7N3O5S/c1-2-5-25-31(48-23-16-26(49-18-23)33(38,39)40,11-4-13-42(25)29(46)28-24(32(35,36)37)6-3-12-41-28)30(47)43-17-19-7-8-21(34)14-20(19)15-22(43)9-10-27(44)45/h3,6-8,12,14,16,18,22,25H,2,4-5,9-11,13,15,17H2,1H3,(H,44,45)/t22-,25+,31+/m0/s1. The van der Waals surface area contributed by atoms with Crippen LogP contribution in [0.3, 0.4) is 0 Å². The number of rotatable bonds is 9. The van der Waals surface area contributed by atoms with E-state index in [0.29, 0.717) is 35.0 Å². The van der Waals surface area contributed by atoms with Crippen molar-refractivity contribution in [3.8, 4) is 5.75 Å². The number of thiophene rings is 1. The van der Waals surface area contributed by atoms with Gasteiger partial charge in [-0.2, -0.15) is 26.3 Å². The molecule has 0 bridgehead atoms. The molecule has 2 aliphatic rings. The number of likely N-dealkylation sites (tertiary alicyclic amines) is 1. The van der Waals surface area contributed by atoms with Gasteiger partial charge in [0, 0.05) is 49.6 Å². The molecule has 0 spiro atoms. The second-order valence-electron chi connectivity index (χ2n) is 12.1. The number of carbonyl (C=O) groups excluding carboxylic acids is 2. The maximum atomic E-state index is 15.1. The van der Waals surface area contributed by atoms with E-state index in [4.69, 9.17) is 4.74 Å². The van der Waals surface area contributed by atoms with Crippen LogP contribution < -0.4 is 4.74 Å². The lowest BCUT2D eigenvalue weighted by atomic mass is 9.78. The maximum Gasteiger partial charge on any atom is 0.425 e. The first-order chi connectivity index (χ1) is 23.0. The molecule has 5 rings (SSSR count). The van der Waals surface area contributed by atoms with E-state index in [9.17, 15) is 45.4 Å². The first-order valence-corrected chi connectivity index (χ1v) is 16.4. The zero-order chi connectivity index (χ0) is 35.7. The highest BCUT2D eigenvalue weighted by atomic mass is 32.1. The first kappa shape index (κ1) is 36.1. The van der Waals surface area contributed by atoms with Crippen molar-refractivity contribution in [3.63, 3.8) is 0 Å². The molecule has 49 heavy (non-hydrogen) atoms. The number of benzene rings is 1. The van der Waals surface area contributed by atoms with Gasteiger partial charge in [-0.25, -0.2) is 4.39 Å². The normalized spacial score (nSPS) is 21.3. The van der Waals surface area contributed by atoms with Gasteiger partial charge in [0.1, 0.15) is 22.1 Å². The van der Waals surface area contributed by atoms with Crippen molar-refractivity contribution >= 4 is 29.1 Å². The maximum absolute atomic E-state index is 15.1. The number of hydrogen-bond acceptors (Lipinski definition) is 6. The molecule has 3 aromatic rings. The molecule has 4 heterocycles. The van der Waals surface area contributed by atoms with Crippen LogP contribution in [0.25, 0.3) is 0 Å². The van der Waals surface area contributed by atoms with Crippen LogP contribution in [0.15, 0.2) is 48.0 Å². The minimum atomic E-state index is -4.94. The predicted octanol–water partition coefficient (Wildman–Crippen LogP) is 7.36. The van der Waals surface area contributed by atoms with Gasteiger partial charge in [-0.05, 0) is 61.1 Å². The van der Waals surface area contributed by atoms with Crippen molar-refractivity contribution in [2.45, 2.75) is 88.5 Å². The largest absolute Gasteiger partial charge is 0.481 e. The molecule has 2 aliphatic heterocycles. The summed E-state index contributed by atoms with van der Waals surface area (Å²) in [6.45, 7) is 1.48. The van der Waals surface area contributed by atoms with Gasteiger partial charge in [0.25, 0.3) is 11.8 Å². The lowest BCUT2D eigenvalue weighted by Crippen LogP contribution is -2.69.